The second kappa shape index (κ2) is 6.81. The molecule has 2 atom stereocenters. The Morgan fingerprint density at radius 3 is 2.63 bits per heavy atom. The monoisotopic (exact) mass is 370 g/mol. The summed E-state index contributed by atoms with van der Waals surface area (Å²) in [7, 11) is 0. The van der Waals surface area contributed by atoms with E-state index < -0.39 is 17.5 Å². The first kappa shape index (κ1) is 17.7. The SMILES string of the molecule is O=C(c1cc(-c2ccccc2)on1)N1CC[C@@H](O)[C@](CC2CC2)(C(=O)O)C1. The lowest BCUT2D eigenvalue weighted by atomic mass is 9.73. The Hall–Kier alpha value is -2.67. The van der Waals surface area contributed by atoms with E-state index in [4.69, 9.17) is 4.52 Å². The first-order chi connectivity index (χ1) is 13.0. The van der Waals surface area contributed by atoms with Crippen LogP contribution in [-0.4, -0.2) is 51.3 Å². The average molecular weight is 370 g/mol. The van der Waals surface area contributed by atoms with Gasteiger partial charge in [0.1, 0.15) is 5.41 Å². The summed E-state index contributed by atoms with van der Waals surface area (Å²) in [6, 6.07) is 10.9. The number of aliphatic hydroxyl groups excluding tert-OH is 1. The highest BCUT2D eigenvalue weighted by molar-refractivity contribution is 5.93. The molecule has 1 saturated carbocycles. The minimum atomic E-state index is -1.30. The zero-order valence-electron chi connectivity index (χ0n) is 14.9. The number of carbonyl (C=O) groups excluding carboxylic acids is 1. The van der Waals surface area contributed by atoms with Crippen LogP contribution in [0.15, 0.2) is 40.9 Å². The molecule has 2 fully saturated rings. The van der Waals surface area contributed by atoms with Crippen LogP contribution in [0.1, 0.15) is 36.2 Å². The third-order valence-electron chi connectivity index (χ3n) is 5.63. The Balaban J connectivity index is 1.55. The number of likely N-dealkylation sites (tertiary alicyclic amines) is 1. The van der Waals surface area contributed by atoms with Crippen molar-refractivity contribution < 1.29 is 24.3 Å². The topological polar surface area (TPSA) is 104 Å². The third kappa shape index (κ3) is 3.35. The smallest absolute Gasteiger partial charge is 0.314 e. The highest BCUT2D eigenvalue weighted by Crippen LogP contribution is 2.45. The van der Waals surface area contributed by atoms with Gasteiger partial charge in [0.25, 0.3) is 5.91 Å². The van der Waals surface area contributed by atoms with Crippen molar-refractivity contribution in [1.29, 1.82) is 0 Å². The molecule has 27 heavy (non-hydrogen) atoms. The van der Waals surface area contributed by atoms with Gasteiger partial charge in [0.05, 0.1) is 6.10 Å². The van der Waals surface area contributed by atoms with Gasteiger partial charge in [-0.15, -0.1) is 0 Å². The lowest BCUT2D eigenvalue weighted by molar-refractivity contribution is -0.163. The van der Waals surface area contributed by atoms with Crippen molar-refractivity contribution in [3.8, 4) is 11.3 Å². The molecule has 1 aliphatic carbocycles. The molecule has 1 amide bonds. The molecule has 7 heteroatoms. The third-order valence-corrected chi connectivity index (χ3v) is 5.63. The molecule has 4 rings (SSSR count). The molecule has 1 aromatic heterocycles. The molecular formula is C20H22N2O5. The van der Waals surface area contributed by atoms with E-state index in [0.717, 1.165) is 18.4 Å². The van der Waals surface area contributed by atoms with Crippen LogP contribution >= 0.6 is 0 Å². The van der Waals surface area contributed by atoms with E-state index in [2.05, 4.69) is 5.16 Å². The molecule has 0 radical (unpaired) electrons. The Morgan fingerprint density at radius 2 is 1.96 bits per heavy atom. The van der Waals surface area contributed by atoms with E-state index in [-0.39, 0.29) is 24.6 Å². The maximum absolute atomic E-state index is 12.9. The van der Waals surface area contributed by atoms with Gasteiger partial charge < -0.3 is 19.6 Å². The summed E-state index contributed by atoms with van der Waals surface area (Å²) in [6.07, 6.45) is 1.67. The number of carbonyl (C=O) groups is 2. The molecule has 1 saturated heterocycles. The van der Waals surface area contributed by atoms with Crippen LogP contribution in [0.25, 0.3) is 11.3 Å². The standard InChI is InChI=1S/C20H22N2O5/c23-17-8-9-22(12-20(17,19(25)26)11-13-6-7-13)18(24)15-10-16(27-21-15)14-4-2-1-3-5-14/h1-5,10,13,17,23H,6-9,11-12H2,(H,25,26)/t17-,20-/m1/s1. The van der Waals surface area contributed by atoms with Crippen molar-refractivity contribution >= 4 is 11.9 Å². The Kier molecular flexibility index (Phi) is 4.47. The summed E-state index contributed by atoms with van der Waals surface area (Å²) >= 11 is 0. The zero-order chi connectivity index (χ0) is 19.0. The number of nitrogens with zero attached hydrogens (tertiary/aromatic N) is 2. The molecule has 2 heterocycles. The number of aliphatic hydroxyl groups is 1. The largest absolute Gasteiger partial charge is 0.481 e. The molecule has 7 nitrogen and oxygen atoms in total. The maximum atomic E-state index is 12.9. The summed E-state index contributed by atoms with van der Waals surface area (Å²) in [5, 5.41) is 24.1. The fourth-order valence-electron chi connectivity index (χ4n) is 3.86. The molecule has 1 aromatic carbocycles. The molecule has 2 N–H and O–H groups in total. The first-order valence-electron chi connectivity index (χ1n) is 9.22. The lowest BCUT2D eigenvalue weighted by Gasteiger charge is -2.43. The fraction of sp³-hybridized carbons (Fsp3) is 0.450. The van der Waals surface area contributed by atoms with Gasteiger partial charge in [-0.3, -0.25) is 9.59 Å². The van der Waals surface area contributed by atoms with E-state index in [1.165, 1.54) is 4.90 Å². The molecule has 0 spiro atoms. The van der Waals surface area contributed by atoms with Gasteiger partial charge in [-0.1, -0.05) is 48.3 Å². The van der Waals surface area contributed by atoms with Gasteiger partial charge in [-0.05, 0) is 18.8 Å². The number of carboxylic acid groups (broad SMARTS) is 1. The minimum absolute atomic E-state index is 0.00758. The number of aromatic nitrogens is 1. The number of hydrogen-bond acceptors (Lipinski definition) is 5. The van der Waals surface area contributed by atoms with Gasteiger partial charge in [0.15, 0.2) is 11.5 Å². The molecule has 142 valence electrons. The fourth-order valence-corrected chi connectivity index (χ4v) is 3.86. The minimum Gasteiger partial charge on any atom is -0.481 e. The molecular weight excluding hydrogens is 348 g/mol. The van der Waals surface area contributed by atoms with E-state index in [1.807, 2.05) is 30.3 Å². The summed E-state index contributed by atoms with van der Waals surface area (Å²) in [5.41, 5.74) is -0.344. The number of piperidine rings is 1. The first-order valence-corrected chi connectivity index (χ1v) is 9.22. The molecule has 0 unspecified atom stereocenters. The lowest BCUT2D eigenvalue weighted by Crippen LogP contribution is -2.57. The average Bonchev–Trinajstić information content (AvgIpc) is 3.35. The van der Waals surface area contributed by atoms with Crippen LogP contribution in [0.2, 0.25) is 0 Å². The van der Waals surface area contributed by atoms with E-state index in [0.29, 0.717) is 24.6 Å². The quantitative estimate of drug-likeness (QED) is 0.838. The van der Waals surface area contributed by atoms with E-state index in [9.17, 15) is 19.8 Å². The predicted molar refractivity (Wildman–Crippen MR) is 95.9 cm³/mol. The maximum Gasteiger partial charge on any atom is 0.314 e. The van der Waals surface area contributed by atoms with Crippen LogP contribution in [0.4, 0.5) is 0 Å². The normalized spacial score (nSPS) is 25.4. The molecule has 1 aliphatic heterocycles. The van der Waals surface area contributed by atoms with Crippen molar-refractivity contribution in [1.82, 2.24) is 10.1 Å². The van der Waals surface area contributed by atoms with Crippen LogP contribution in [-0.2, 0) is 4.79 Å². The van der Waals surface area contributed by atoms with Crippen LogP contribution in [0.3, 0.4) is 0 Å². The summed E-state index contributed by atoms with van der Waals surface area (Å²) in [6.45, 7) is 0.291. The van der Waals surface area contributed by atoms with E-state index in [1.54, 1.807) is 6.07 Å². The van der Waals surface area contributed by atoms with E-state index >= 15 is 0 Å². The highest BCUT2D eigenvalue weighted by atomic mass is 16.5. The zero-order valence-corrected chi connectivity index (χ0v) is 14.9. The number of carboxylic acids is 1. The summed E-state index contributed by atoms with van der Waals surface area (Å²) in [4.78, 5) is 26.4. The van der Waals surface area contributed by atoms with Gasteiger partial charge >= 0.3 is 5.97 Å². The van der Waals surface area contributed by atoms with Crippen molar-refractivity contribution in [2.75, 3.05) is 13.1 Å². The van der Waals surface area contributed by atoms with Crippen molar-refractivity contribution in [3.63, 3.8) is 0 Å². The molecule has 2 aromatic rings. The van der Waals surface area contributed by atoms with Crippen molar-refractivity contribution in [3.05, 3.63) is 42.1 Å². The number of amides is 1. The number of benzene rings is 1. The number of rotatable bonds is 5. The Labute approximate surface area is 156 Å². The van der Waals surface area contributed by atoms with Crippen LogP contribution in [0.5, 0.6) is 0 Å². The van der Waals surface area contributed by atoms with Gasteiger partial charge in [-0.2, -0.15) is 0 Å². The highest BCUT2D eigenvalue weighted by Gasteiger charge is 2.52. The second-order valence-electron chi connectivity index (χ2n) is 7.58. The Morgan fingerprint density at radius 1 is 1.22 bits per heavy atom. The summed E-state index contributed by atoms with van der Waals surface area (Å²) < 4.78 is 5.29. The summed E-state index contributed by atoms with van der Waals surface area (Å²) in [5.74, 6) is -0.597. The van der Waals surface area contributed by atoms with Crippen LogP contribution < -0.4 is 0 Å². The van der Waals surface area contributed by atoms with Gasteiger partial charge in [0.2, 0.25) is 0 Å². The number of hydrogen-bond donors (Lipinski definition) is 2. The molecule has 2 aliphatic rings. The van der Waals surface area contributed by atoms with Gasteiger partial charge in [-0.25, -0.2) is 0 Å². The number of aliphatic carboxylic acids is 1. The van der Waals surface area contributed by atoms with Crippen molar-refractivity contribution in [2.24, 2.45) is 11.3 Å². The van der Waals surface area contributed by atoms with Crippen molar-refractivity contribution in [2.45, 2.75) is 31.8 Å². The van der Waals surface area contributed by atoms with Crippen LogP contribution in [0, 0.1) is 11.3 Å². The van der Waals surface area contributed by atoms with Gasteiger partial charge in [0, 0.05) is 24.7 Å². The molecule has 0 bridgehead atoms. The second-order valence-corrected chi connectivity index (χ2v) is 7.58. The Bertz CT molecular complexity index is 845. The predicted octanol–water partition coefficient (Wildman–Crippen LogP) is 2.42.